The normalized spacial score (nSPS) is 28.3. The molecule has 1 aromatic carbocycles. The molecule has 4 rings (SSSR count). The minimum absolute atomic E-state index is 0.0422. The van der Waals surface area contributed by atoms with Crippen LogP contribution in [0.15, 0.2) is 24.3 Å². The summed E-state index contributed by atoms with van der Waals surface area (Å²) in [4.78, 5) is 15.5. The number of hydrogen-bond acceptors (Lipinski definition) is 3. The van der Waals surface area contributed by atoms with Crippen LogP contribution in [0, 0.1) is 0 Å². The minimum atomic E-state index is -0.260. The third-order valence-electron chi connectivity index (χ3n) is 4.67. The van der Waals surface area contributed by atoms with Gasteiger partial charge < -0.3 is 10.0 Å². The molecule has 2 aliphatic rings. The quantitative estimate of drug-likeness (QED) is 0.870. The van der Waals surface area contributed by atoms with Crippen molar-refractivity contribution in [2.24, 2.45) is 0 Å². The topological polar surface area (TPSA) is 40.5 Å². The summed E-state index contributed by atoms with van der Waals surface area (Å²) in [5.74, 6) is 0.0422. The van der Waals surface area contributed by atoms with Gasteiger partial charge in [0.15, 0.2) is 0 Å². The molecule has 110 valence electrons. The second-order valence-electron chi connectivity index (χ2n) is 5.96. The maximum absolute atomic E-state index is 12.9. The van der Waals surface area contributed by atoms with E-state index in [1.54, 1.807) is 0 Å². The third-order valence-corrected chi connectivity index (χ3v) is 6.34. The van der Waals surface area contributed by atoms with Crippen LogP contribution in [0.4, 0.5) is 0 Å². The Morgan fingerprint density at radius 2 is 1.90 bits per heavy atom. The van der Waals surface area contributed by atoms with Gasteiger partial charge in [-0.1, -0.05) is 29.8 Å². The van der Waals surface area contributed by atoms with E-state index in [4.69, 9.17) is 11.6 Å². The van der Waals surface area contributed by atoms with E-state index in [1.807, 2.05) is 29.2 Å². The van der Waals surface area contributed by atoms with Gasteiger partial charge in [0, 0.05) is 22.2 Å². The molecule has 2 fully saturated rings. The number of rotatable bonds is 1. The highest BCUT2D eigenvalue weighted by Crippen LogP contribution is 2.41. The van der Waals surface area contributed by atoms with E-state index in [1.165, 1.54) is 11.3 Å². The number of hydrogen-bond donors (Lipinski definition) is 1. The van der Waals surface area contributed by atoms with Crippen LogP contribution in [0.3, 0.4) is 0 Å². The fourth-order valence-electron chi connectivity index (χ4n) is 3.75. The van der Waals surface area contributed by atoms with Crippen LogP contribution in [-0.4, -0.2) is 34.1 Å². The first-order valence-electron chi connectivity index (χ1n) is 7.33. The van der Waals surface area contributed by atoms with Crippen molar-refractivity contribution in [1.29, 1.82) is 0 Å². The molecule has 0 radical (unpaired) electrons. The number of piperidine rings is 1. The van der Waals surface area contributed by atoms with Crippen LogP contribution in [-0.2, 0) is 0 Å². The molecule has 0 aliphatic carbocycles. The molecular formula is C16H16ClNO2S. The number of amides is 1. The van der Waals surface area contributed by atoms with Crippen molar-refractivity contribution in [2.75, 3.05) is 0 Å². The van der Waals surface area contributed by atoms with E-state index < -0.39 is 0 Å². The van der Waals surface area contributed by atoms with E-state index in [0.717, 1.165) is 22.9 Å². The summed E-state index contributed by atoms with van der Waals surface area (Å²) in [7, 11) is 0. The number of thiophene rings is 1. The van der Waals surface area contributed by atoms with Gasteiger partial charge in [0.05, 0.1) is 11.1 Å². The fraction of sp³-hybridized carbons (Fsp3) is 0.438. The summed E-state index contributed by atoms with van der Waals surface area (Å²) in [5.41, 5.74) is 0. The van der Waals surface area contributed by atoms with Gasteiger partial charge in [-0.25, -0.2) is 0 Å². The van der Waals surface area contributed by atoms with Gasteiger partial charge in [0.1, 0.15) is 4.88 Å². The van der Waals surface area contributed by atoms with Gasteiger partial charge >= 0.3 is 0 Å². The number of benzene rings is 1. The first-order valence-corrected chi connectivity index (χ1v) is 8.52. The van der Waals surface area contributed by atoms with Gasteiger partial charge in [-0.3, -0.25) is 4.79 Å². The van der Waals surface area contributed by atoms with Gasteiger partial charge in [-0.15, -0.1) is 11.3 Å². The van der Waals surface area contributed by atoms with Gasteiger partial charge in [-0.2, -0.15) is 0 Å². The summed E-state index contributed by atoms with van der Waals surface area (Å²) >= 11 is 7.90. The summed E-state index contributed by atoms with van der Waals surface area (Å²) in [6, 6.07) is 8.21. The molecular weight excluding hydrogens is 306 g/mol. The first kappa shape index (κ1) is 13.6. The number of aliphatic hydroxyl groups is 1. The Morgan fingerprint density at radius 3 is 2.57 bits per heavy atom. The first-order chi connectivity index (χ1) is 10.1. The Labute approximate surface area is 132 Å². The SMILES string of the molecule is O=C(c1sc2ccccc2c1Cl)N1C2CCC1CC(O)C2. The number of fused-ring (bicyclic) bond motifs is 3. The average molecular weight is 322 g/mol. The lowest BCUT2D eigenvalue weighted by atomic mass is 9.99. The molecule has 5 heteroatoms. The van der Waals surface area contributed by atoms with Crippen molar-refractivity contribution >= 4 is 38.9 Å². The Kier molecular flexibility index (Phi) is 3.21. The lowest BCUT2D eigenvalue weighted by Gasteiger charge is -2.37. The maximum atomic E-state index is 12.9. The Hall–Kier alpha value is -1.10. The molecule has 0 saturated carbocycles. The number of carbonyl (C=O) groups excluding carboxylic acids is 1. The lowest BCUT2D eigenvalue weighted by Crippen LogP contribution is -2.47. The Bertz CT molecular complexity index is 699. The number of aliphatic hydroxyl groups excluding tert-OH is 1. The van der Waals surface area contributed by atoms with Gasteiger partial charge in [0.2, 0.25) is 0 Å². The standard InChI is InChI=1S/C16H16ClNO2S/c17-14-12-3-1-2-4-13(12)21-15(14)16(20)18-9-5-6-10(18)8-11(19)7-9/h1-4,9-11,19H,5-8H2. The van der Waals surface area contributed by atoms with E-state index in [0.29, 0.717) is 22.7 Å². The molecule has 0 spiro atoms. The molecule has 1 aromatic heterocycles. The number of carbonyl (C=O) groups is 1. The zero-order valence-electron chi connectivity index (χ0n) is 11.5. The third kappa shape index (κ3) is 2.08. The number of nitrogens with zero attached hydrogens (tertiary/aromatic N) is 1. The van der Waals surface area contributed by atoms with Crippen LogP contribution in [0.1, 0.15) is 35.4 Å². The van der Waals surface area contributed by atoms with Crippen molar-refractivity contribution in [3.05, 3.63) is 34.2 Å². The molecule has 1 amide bonds. The molecule has 1 N–H and O–H groups in total. The summed E-state index contributed by atoms with van der Waals surface area (Å²) in [6.45, 7) is 0. The highest BCUT2D eigenvalue weighted by Gasteiger charge is 2.43. The van der Waals surface area contributed by atoms with E-state index >= 15 is 0 Å². The van der Waals surface area contributed by atoms with Gasteiger partial charge in [0.25, 0.3) is 5.91 Å². The highest BCUT2D eigenvalue weighted by atomic mass is 35.5. The van der Waals surface area contributed by atoms with Crippen LogP contribution >= 0.6 is 22.9 Å². The van der Waals surface area contributed by atoms with E-state index in [9.17, 15) is 9.90 Å². The summed E-state index contributed by atoms with van der Waals surface area (Å²) < 4.78 is 1.05. The molecule has 2 saturated heterocycles. The average Bonchev–Trinajstić information content (AvgIpc) is 2.95. The van der Waals surface area contributed by atoms with Crippen LogP contribution in [0.2, 0.25) is 5.02 Å². The second kappa shape index (κ2) is 4.97. The molecule has 3 heterocycles. The molecule has 2 atom stereocenters. The van der Waals surface area contributed by atoms with E-state index in [2.05, 4.69) is 0 Å². The van der Waals surface area contributed by atoms with Crippen molar-refractivity contribution in [2.45, 2.75) is 43.9 Å². The minimum Gasteiger partial charge on any atom is -0.393 e. The molecule has 2 bridgehead atoms. The maximum Gasteiger partial charge on any atom is 0.266 e. The highest BCUT2D eigenvalue weighted by molar-refractivity contribution is 7.21. The zero-order chi connectivity index (χ0) is 14.6. The predicted molar refractivity (Wildman–Crippen MR) is 85.1 cm³/mol. The summed E-state index contributed by atoms with van der Waals surface area (Å²) in [5, 5.41) is 11.4. The molecule has 21 heavy (non-hydrogen) atoms. The van der Waals surface area contributed by atoms with E-state index in [-0.39, 0.29) is 24.1 Å². The van der Waals surface area contributed by atoms with Crippen LogP contribution in [0.25, 0.3) is 10.1 Å². The fourth-order valence-corrected chi connectivity index (χ4v) is 5.20. The number of halogens is 1. The second-order valence-corrected chi connectivity index (χ2v) is 7.39. The molecule has 2 unspecified atom stereocenters. The summed E-state index contributed by atoms with van der Waals surface area (Å²) in [6.07, 6.45) is 3.13. The van der Waals surface area contributed by atoms with Crippen LogP contribution < -0.4 is 0 Å². The lowest BCUT2D eigenvalue weighted by molar-refractivity contribution is 0.0291. The molecule has 2 aromatic rings. The van der Waals surface area contributed by atoms with Crippen molar-refractivity contribution < 1.29 is 9.90 Å². The van der Waals surface area contributed by atoms with Crippen molar-refractivity contribution in [3.8, 4) is 0 Å². The Morgan fingerprint density at radius 1 is 1.24 bits per heavy atom. The largest absolute Gasteiger partial charge is 0.393 e. The van der Waals surface area contributed by atoms with Crippen molar-refractivity contribution in [1.82, 2.24) is 4.90 Å². The Balaban J connectivity index is 1.72. The van der Waals surface area contributed by atoms with Crippen LogP contribution in [0.5, 0.6) is 0 Å². The van der Waals surface area contributed by atoms with Gasteiger partial charge in [-0.05, 0) is 31.7 Å². The monoisotopic (exact) mass is 321 g/mol. The molecule has 3 nitrogen and oxygen atoms in total. The molecule has 2 aliphatic heterocycles. The smallest absolute Gasteiger partial charge is 0.266 e. The zero-order valence-corrected chi connectivity index (χ0v) is 13.0. The predicted octanol–water partition coefficient (Wildman–Crippen LogP) is 3.68. The van der Waals surface area contributed by atoms with Crippen molar-refractivity contribution in [3.63, 3.8) is 0 Å².